The average molecular weight is 206 g/mol. The first-order valence-corrected chi connectivity index (χ1v) is 5.02. The molecule has 0 amide bonds. The number of anilines is 1. The van der Waals surface area contributed by atoms with E-state index in [1.165, 1.54) is 0 Å². The zero-order valence-electron chi connectivity index (χ0n) is 8.68. The van der Waals surface area contributed by atoms with Crippen LogP contribution in [0.3, 0.4) is 0 Å². The zero-order chi connectivity index (χ0) is 10.8. The normalized spacial score (nSPS) is 16.3. The number of β-amino-alcohol motifs (C(OH)–C–C–N with tert-alkyl or cyclic N) is 1. The SMILES string of the molecule is CC(=O)Cc1cc(N2CC(O)C2)ccn1. The van der Waals surface area contributed by atoms with Crippen molar-refractivity contribution in [3.63, 3.8) is 0 Å². The van der Waals surface area contributed by atoms with Crippen molar-refractivity contribution in [3.8, 4) is 0 Å². The summed E-state index contributed by atoms with van der Waals surface area (Å²) in [6, 6.07) is 3.81. The van der Waals surface area contributed by atoms with E-state index in [2.05, 4.69) is 9.88 Å². The predicted molar refractivity (Wildman–Crippen MR) is 56.8 cm³/mol. The van der Waals surface area contributed by atoms with Crippen molar-refractivity contribution in [1.29, 1.82) is 0 Å². The Hall–Kier alpha value is -1.42. The van der Waals surface area contributed by atoms with Crippen molar-refractivity contribution in [2.45, 2.75) is 19.4 Å². The molecule has 0 aromatic carbocycles. The number of pyridine rings is 1. The lowest BCUT2D eigenvalue weighted by molar-refractivity contribution is -0.116. The topological polar surface area (TPSA) is 53.4 Å². The molecule has 4 nitrogen and oxygen atoms in total. The Morgan fingerprint density at radius 3 is 3.00 bits per heavy atom. The van der Waals surface area contributed by atoms with Gasteiger partial charge >= 0.3 is 0 Å². The minimum atomic E-state index is -0.213. The number of aliphatic hydroxyl groups excluding tert-OH is 1. The van der Waals surface area contributed by atoms with Gasteiger partial charge in [-0.2, -0.15) is 0 Å². The molecule has 1 N–H and O–H groups in total. The van der Waals surface area contributed by atoms with E-state index in [4.69, 9.17) is 0 Å². The highest BCUT2D eigenvalue weighted by Gasteiger charge is 2.24. The average Bonchev–Trinajstić information content (AvgIpc) is 2.12. The van der Waals surface area contributed by atoms with Crippen molar-refractivity contribution in [1.82, 2.24) is 4.98 Å². The van der Waals surface area contributed by atoms with Crippen molar-refractivity contribution in [2.75, 3.05) is 18.0 Å². The molecule has 1 fully saturated rings. The molecule has 2 rings (SSSR count). The third-order valence-electron chi connectivity index (χ3n) is 2.46. The van der Waals surface area contributed by atoms with Crippen LogP contribution in [0.25, 0.3) is 0 Å². The van der Waals surface area contributed by atoms with Gasteiger partial charge in [0.05, 0.1) is 6.10 Å². The van der Waals surface area contributed by atoms with Crippen molar-refractivity contribution in [2.24, 2.45) is 0 Å². The molecule has 0 radical (unpaired) electrons. The van der Waals surface area contributed by atoms with Crippen LogP contribution in [0.4, 0.5) is 5.69 Å². The number of nitrogens with zero attached hydrogens (tertiary/aromatic N) is 2. The smallest absolute Gasteiger partial charge is 0.135 e. The Morgan fingerprint density at radius 2 is 2.40 bits per heavy atom. The Balaban J connectivity index is 2.09. The molecule has 15 heavy (non-hydrogen) atoms. The summed E-state index contributed by atoms with van der Waals surface area (Å²) in [5, 5.41) is 9.18. The summed E-state index contributed by atoms with van der Waals surface area (Å²) >= 11 is 0. The first kappa shape index (κ1) is 10.1. The number of Topliss-reactive ketones (excluding diaryl/α,β-unsaturated/α-hetero) is 1. The molecule has 1 aliphatic heterocycles. The third kappa shape index (κ3) is 2.33. The third-order valence-corrected chi connectivity index (χ3v) is 2.46. The van der Waals surface area contributed by atoms with Gasteiger partial charge in [0.1, 0.15) is 5.78 Å². The second-order valence-electron chi connectivity index (χ2n) is 3.94. The van der Waals surface area contributed by atoms with Crippen LogP contribution in [0.5, 0.6) is 0 Å². The van der Waals surface area contributed by atoms with E-state index < -0.39 is 0 Å². The summed E-state index contributed by atoms with van der Waals surface area (Å²) in [4.78, 5) is 17.1. The predicted octanol–water partition coefficient (Wildman–Crippen LogP) is 0.394. The van der Waals surface area contributed by atoms with Crippen molar-refractivity contribution >= 4 is 11.5 Å². The largest absolute Gasteiger partial charge is 0.389 e. The van der Waals surface area contributed by atoms with Gasteiger partial charge in [-0.25, -0.2) is 0 Å². The van der Waals surface area contributed by atoms with E-state index in [9.17, 15) is 9.90 Å². The maximum absolute atomic E-state index is 10.9. The lowest BCUT2D eigenvalue weighted by atomic mass is 10.1. The quantitative estimate of drug-likeness (QED) is 0.777. The van der Waals surface area contributed by atoms with Crippen LogP contribution in [-0.4, -0.2) is 35.1 Å². The molecule has 1 aliphatic rings. The molecule has 80 valence electrons. The summed E-state index contributed by atoms with van der Waals surface area (Å²) in [6.07, 6.45) is 1.87. The van der Waals surface area contributed by atoms with Crippen LogP contribution >= 0.6 is 0 Å². The first-order valence-electron chi connectivity index (χ1n) is 5.02. The Labute approximate surface area is 88.6 Å². The number of rotatable bonds is 3. The van der Waals surface area contributed by atoms with Crippen molar-refractivity contribution < 1.29 is 9.90 Å². The second-order valence-corrected chi connectivity index (χ2v) is 3.94. The molecule has 1 saturated heterocycles. The monoisotopic (exact) mass is 206 g/mol. The number of carbonyl (C=O) groups excluding carboxylic acids is 1. The van der Waals surface area contributed by atoms with Gasteiger partial charge in [0.25, 0.3) is 0 Å². The highest BCUT2D eigenvalue weighted by Crippen LogP contribution is 2.20. The Bertz CT molecular complexity index is 373. The summed E-state index contributed by atoms with van der Waals surface area (Å²) in [5.74, 6) is 0.114. The van der Waals surface area contributed by atoms with Gasteiger partial charge in [-0.3, -0.25) is 9.78 Å². The molecule has 0 aliphatic carbocycles. The van der Waals surface area contributed by atoms with Crippen LogP contribution in [0, 0.1) is 0 Å². The van der Waals surface area contributed by atoms with Gasteiger partial charge in [-0.05, 0) is 19.1 Å². The molecule has 1 aromatic heterocycles. The molecule has 0 saturated carbocycles. The lowest BCUT2D eigenvalue weighted by Gasteiger charge is -2.37. The Kier molecular flexibility index (Phi) is 2.68. The molecule has 0 spiro atoms. The van der Waals surface area contributed by atoms with Crippen LogP contribution in [0.1, 0.15) is 12.6 Å². The van der Waals surface area contributed by atoms with Gasteiger partial charge in [0.15, 0.2) is 0 Å². The van der Waals surface area contributed by atoms with E-state index >= 15 is 0 Å². The second kappa shape index (κ2) is 3.98. The van der Waals surface area contributed by atoms with Crippen LogP contribution in [0.15, 0.2) is 18.3 Å². The number of carbonyl (C=O) groups is 1. The highest BCUT2D eigenvalue weighted by atomic mass is 16.3. The van der Waals surface area contributed by atoms with E-state index in [1.54, 1.807) is 13.1 Å². The Morgan fingerprint density at radius 1 is 1.67 bits per heavy atom. The first-order chi connectivity index (χ1) is 7.15. The molecular formula is C11H14N2O2. The molecule has 2 heterocycles. The summed E-state index contributed by atoms with van der Waals surface area (Å²) in [6.45, 7) is 2.90. The molecule has 4 heteroatoms. The fraction of sp³-hybridized carbons (Fsp3) is 0.455. The minimum absolute atomic E-state index is 0.114. The van der Waals surface area contributed by atoms with Gasteiger partial charge in [-0.15, -0.1) is 0 Å². The van der Waals surface area contributed by atoms with E-state index in [0.29, 0.717) is 19.5 Å². The van der Waals surface area contributed by atoms with E-state index in [0.717, 1.165) is 11.4 Å². The number of hydrogen-bond acceptors (Lipinski definition) is 4. The molecular weight excluding hydrogens is 192 g/mol. The molecule has 1 aromatic rings. The highest BCUT2D eigenvalue weighted by molar-refractivity contribution is 5.78. The van der Waals surface area contributed by atoms with Gasteiger partial charge in [0, 0.05) is 37.1 Å². The summed E-state index contributed by atoms with van der Waals surface area (Å²) in [5.41, 5.74) is 1.83. The van der Waals surface area contributed by atoms with Gasteiger partial charge in [0.2, 0.25) is 0 Å². The number of hydrogen-bond donors (Lipinski definition) is 1. The standard InChI is InChI=1S/C11H14N2O2/c1-8(14)4-9-5-10(2-3-12-9)13-6-11(15)7-13/h2-3,5,11,15H,4,6-7H2,1H3. The summed E-state index contributed by atoms with van der Waals surface area (Å²) in [7, 11) is 0. The van der Waals surface area contributed by atoms with Crippen LogP contribution in [0.2, 0.25) is 0 Å². The molecule has 0 atom stereocenters. The van der Waals surface area contributed by atoms with Crippen molar-refractivity contribution in [3.05, 3.63) is 24.0 Å². The lowest BCUT2D eigenvalue weighted by Crippen LogP contribution is -2.50. The fourth-order valence-electron chi connectivity index (χ4n) is 1.68. The molecule has 0 bridgehead atoms. The fourth-order valence-corrected chi connectivity index (χ4v) is 1.68. The molecule has 0 unspecified atom stereocenters. The van der Waals surface area contributed by atoms with E-state index in [1.807, 2.05) is 12.1 Å². The van der Waals surface area contributed by atoms with Crippen LogP contribution in [-0.2, 0) is 11.2 Å². The minimum Gasteiger partial charge on any atom is -0.389 e. The van der Waals surface area contributed by atoms with Crippen LogP contribution < -0.4 is 4.90 Å². The van der Waals surface area contributed by atoms with E-state index in [-0.39, 0.29) is 11.9 Å². The van der Waals surface area contributed by atoms with Gasteiger partial charge < -0.3 is 10.0 Å². The number of ketones is 1. The maximum Gasteiger partial charge on any atom is 0.135 e. The zero-order valence-corrected chi connectivity index (χ0v) is 8.68. The number of aromatic nitrogens is 1. The maximum atomic E-state index is 10.9. The summed E-state index contributed by atoms with van der Waals surface area (Å²) < 4.78 is 0. The number of aliphatic hydroxyl groups is 1. The van der Waals surface area contributed by atoms with Gasteiger partial charge in [-0.1, -0.05) is 0 Å².